The average Bonchev–Trinajstić information content (AvgIpc) is 2.86. The lowest BCUT2D eigenvalue weighted by Gasteiger charge is -2.59. The molecule has 1 unspecified atom stereocenters. The second kappa shape index (κ2) is 5.09. The SMILES string of the molecule is C[C@]12CCC(=O)C(=O)C1C(=CF)C[C@@H]1[C@@H]2CC[C@]2(C)C(=O)CC[C@@H]12. The number of allylic oxidation sites excluding steroid dienone is 1. The molecule has 6 atom stereocenters. The van der Waals surface area contributed by atoms with Gasteiger partial charge in [-0.25, -0.2) is 4.39 Å². The van der Waals surface area contributed by atoms with Crippen molar-refractivity contribution in [1.82, 2.24) is 0 Å². The Bertz CT molecular complexity index is 666. The van der Waals surface area contributed by atoms with E-state index in [1.807, 2.05) is 0 Å². The molecule has 0 amide bonds. The molecule has 0 N–H and O–H groups in total. The lowest BCUT2D eigenvalue weighted by Crippen LogP contribution is -2.57. The molecule has 130 valence electrons. The van der Waals surface area contributed by atoms with Gasteiger partial charge in [-0.05, 0) is 60.8 Å². The highest BCUT2D eigenvalue weighted by molar-refractivity contribution is 6.39. The molecular formula is C20H25FO3. The number of rotatable bonds is 0. The van der Waals surface area contributed by atoms with Crippen molar-refractivity contribution in [2.24, 2.45) is 34.5 Å². The summed E-state index contributed by atoms with van der Waals surface area (Å²) in [5.74, 6) is -0.0739. The standard InChI is InChI=1S/C20H25FO3/c1-19-7-5-14-12(13(19)3-4-16(19)23)9-11(10-21)17-18(24)15(22)6-8-20(14,17)2/h10,12-14,17H,3-9H2,1-2H3/t12-,13-,14-,17?,19-,20+/m0/s1. The van der Waals surface area contributed by atoms with Gasteiger partial charge in [0.15, 0.2) is 5.78 Å². The minimum Gasteiger partial charge on any atom is -0.299 e. The molecule has 24 heavy (non-hydrogen) atoms. The Hall–Kier alpha value is -1.32. The second-order valence-corrected chi connectivity index (χ2v) is 8.91. The van der Waals surface area contributed by atoms with Crippen LogP contribution in [0.5, 0.6) is 0 Å². The van der Waals surface area contributed by atoms with Crippen LogP contribution >= 0.6 is 0 Å². The van der Waals surface area contributed by atoms with E-state index >= 15 is 0 Å². The zero-order chi connectivity index (χ0) is 17.3. The van der Waals surface area contributed by atoms with Crippen LogP contribution in [-0.4, -0.2) is 17.3 Å². The molecule has 0 aromatic heterocycles. The molecule has 0 aromatic rings. The van der Waals surface area contributed by atoms with Crippen molar-refractivity contribution in [3.05, 3.63) is 11.9 Å². The Morgan fingerprint density at radius 3 is 2.50 bits per heavy atom. The number of carbonyl (C=O) groups is 3. The summed E-state index contributed by atoms with van der Waals surface area (Å²) < 4.78 is 13.7. The number of fused-ring (bicyclic) bond motifs is 5. The van der Waals surface area contributed by atoms with E-state index in [0.717, 1.165) is 19.3 Å². The van der Waals surface area contributed by atoms with Gasteiger partial charge in [0.05, 0.1) is 12.2 Å². The molecule has 0 aromatic carbocycles. The Kier molecular flexibility index (Phi) is 3.43. The molecule has 4 rings (SSSR count). The van der Waals surface area contributed by atoms with E-state index in [4.69, 9.17) is 0 Å². The molecule has 0 heterocycles. The first kappa shape index (κ1) is 16.2. The average molecular weight is 332 g/mol. The van der Waals surface area contributed by atoms with Crippen molar-refractivity contribution in [2.45, 2.75) is 58.8 Å². The number of halogens is 1. The van der Waals surface area contributed by atoms with Gasteiger partial charge in [0, 0.05) is 18.3 Å². The van der Waals surface area contributed by atoms with Crippen LogP contribution in [-0.2, 0) is 14.4 Å². The molecule has 0 spiro atoms. The molecule has 0 radical (unpaired) electrons. The molecule has 3 nitrogen and oxygen atoms in total. The minimum absolute atomic E-state index is 0.263. The molecule has 4 saturated carbocycles. The van der Waals surface area contributed by atoms with Gasteiger partial charge in [-0.1, -0.05) is 13.8 Å². The van der Waals surface area contributed by atoms with Crippen LogP contribution < -0.4 is 0 Å². The third-order valence-corrected chi connectivity index (χ3v) is 8.06. The predicted octanol–water partition coefficient (Wildman–Crippen LogP) is 3.81. The lowest BCUT2D eigenvalue weighted by atomic mass is 9.44. The van der Waals surface area contributed by atoms with Gasteiger partial charge in [-0.15, -0.1) is 0 Å². The smallest absolute Gasteiger partial charge is 0.206 e. The summed E-state index contributed by atoms with van der Waals surface area (Å²) in [6.45, 7) is 4.17. The Morgan fingerprint density at radius 1 is 1.04 bits per heavy atom. The van der Waals surface area contributed by atoms with E-state index in [1.165, 1.54) is 0 Å². The fourth-order valence-corrected chi connectivity index (χ4v) is 6.76. The molecular weight excluding hydrogens is 307 g/mol. The summed E-state index contributed by atoms with van der Waals surface area (Å²) in [7, 11) is 0. The third kappa shape index (κ3) is 1.86. The maximum atomic E-state index is 13.7. The first-order valence-electron chi connectivity index (χ1n) is 9.22. The minimum atomic E-state index is -0.577. The van der Waals surface area contributed by atoms with E-state index < -0.39 is 5.92 Å². The summed E-state index contributed by atoms with van der Waals surface area (Å²) in [5.41, 5.74) is -0.0978. The Balaban J connectivity index is 1.77. The van der Waals surface area contributed by atoms with E-state index in [-0.39, 0.29) is 34.7 Å². The number of carbonyl (C=O) groups excluding carboxylic acids is 3. The molecule has 4 fully saturated rings. The number of ketones is 3. The summed E-state index contributed by atoms with van der Waals surface area (Å²) in [6, 6.07) is 0. The van der Waals surface area contributed by atoms with Crippen LogP contribution in [0.2, 0.25) is 0 Å². The zero-order valence-electron chi connectivity index (χ0n) is 14.4. The van der Waals surface area contributed by atoms with Crippen molar-refractivity contribution in [2.75, 3.05) is 0 Å². The number of hydrogen-bond donors (Lipinski definition) is 0. The number of hydrogen-bond acceptors (Lipinski definition) is 3. The van der Waals surface area contributed by atoms with Gasteiger partial charge in [-0.2, -0.15) is 0 Å². The van der Waals surface area contributed by atoms with Crippen LogP contribution in [0, 0.1) is 34.5 Å². The quantitative estimate of drug-likeness (QED) is 0.634. The van der Waals surface area contributed by atoms with Crippen molar-refractivity contribution in [3.8, 4) is 0 Å². The van der Waals surface area contributed by atoms with E-state index in [9.17, 15) is 18.8 Å². The van der Waals surface area contributed by atoms with E-state index in [0.29, 0.717) is 48.8 Å². The van der Waals surface area contributed by atoms with Crippen molar-refractivity contribution in [3.63, 3.8) is 0 Å². The Labute approximate surface area is 142 Å². The van der Waals surface area contributed by atoms with Crippen molar-refractivity contribution in [1.29, 1.82) is 0 Å². The van der Waals surface area contributed by atoms with Crippen LogP contribution in [0.25, 0.3) is 0 Å². The fourth-order valence-electron chi connectivity index (χ4n) is 6.76. The zero-order valence-corrected chi connectivity index (χ0v) is 14.4. The summed E-state index contributed by atoms with van der Waals surface area (Å²) in [5, 5.41) is 0. The van der Waals surface area contributed by atoms with Gasteiger partial charge < -0.3 is 0 Å². The van der Waals surface area contributed by atoms with Gasteiger partial charge in [0.1, 0.15) is 5.78 Å². The summed E-state index contributed by atoms with van der Waals surface area (Å²) >= 11 is 0. The molecule has 4 aliphatic rings. The highest BCUT2D eigenvalue weighted by Gasteiger charge is 2.63. The maximum absolute atomic E-state index is 13.7. The largest absolute Gasteiger partial charge is 0.299 e. The van der Waals surface area contributed by atoms with Crippen LogP contribution in [0.1, 0.15) is 58.8 Å². The third-order valence-electron chi connectivity index (χ3n) is 8.06. The van der Waals surface area contributed by atoms with Crippen LogP contribution in [0.15, 0.2) is 11.9 Å². The summed E-state index contributed by atoms with van der Waals surface area (Å²) in [4.78, 5) is 36.9. The van der Waals surface area contributed by atoms with Crippen LogP contribution in [0.3, 0.4) is 0 Å². The van der Waals surface area contributed by atoms with Crippen molar-refractivity contribution < 1.29 is 18.8 Å². The first-order chi connectivity index (χ1) is 11.3. The molecule has 0 aliphatic heterocycles. The second-order valence-electron chi connectivity index (χ2n) is 8.91. The monoisotopic (exact) mass is 332 g/mol. The fraction of sp³-hybridized carbons (Fsp3) is 0.750. The Morgan fingerprint density at radius 2 is 1.79 bits per heavy atom. The van der Waals surface area contributed by atoms with Gasteiger partial charge in [0.2, 0.25) is 5.78 Å². The first-order valence-corrected chi connectivity index (χ1v) is 9.22. The molecule has 4 heteroatoms. The van der Waals surface area contributed by atoms with Gasteiger partial charge >= 0.3 is 0 Å². The number of Topliss-reactive ketones (excluding diaryl/α,β-unsaturated/α-hetero) is 3. The maximum Gasteiger partial charge on any atom is 0.206 e. The van der Waals surface area contributed by atoms with Gasteiger partial charge in [0.25, 0.3) is 0 Å². The van der Waals surface area contributed by atoms with Crippen molar-refractivity contribution >= 4 is 17.3 Å². The van der Waals surface area contributed by atoms with E-state index in [2.05, 4.69) is 13.8 Å². The topological polar surface area (TPSA) is 51.2 Å². The molecule has 0 saturated heterocycles. The van der Waals surface area contributed by atoms with Crippen LogP contribution in [0.4, 0.5) is 4.39 Å². The highest BCUT2D eigenvalue weighted by atomic mass is 19.1. The lowest BCUT2D eigenvalue weighted by molar-refractivity contribution is -0.153. The van der Waals surface area contributed by atoms with E-state index in [1.54, 1.807) is 0 Å². The predicted molar refractivity (Wildman–Crippen MR) is 86.7 cm³/mol. The molecule has 0 bridgehead atoms. The normalized spacial score (nSPS) is 49.8. The van der Waals surface area contributed by atoms with Gasteiger partial charge in [-0.3, -0.25) is 14.4 Å². The summed E-state index contributed by atoms with van der Waals surface area (Å²) in [6.07, 6.45) is 5.38. The highest BCUT2D eigenvalue weighted by Crippen LogP contribution is 2.65. The molecule has 4 aliphatic carbocycles.